The summed E-state index contributed by atoms with van der Waals surface area (Å²) in [6.45, 7) is 7.44. The summed E-state index contributed by atoms with van der Waals surface area (Å²) in [6, 6.07) is 0. The van der Waals surface area contributed by atoms with E-state index in [9.17, 15) is 4.79 Å². The largest absolute Gasteiger partial charge is 0.406 e. The molecule has 2 bridgehead atoms. The van der Waals surface area contributed by atoms with Crippen LogP contribution < -0.4 is 0 Å². The van der Waals surface area contributed by atoms with E-state index in [2.05, 4.69) is 25.7 Å². The number of hydrogen-bond acceptors (Lipinski definition) is 3. The lowest BCUT2D eigenvalue weighted by atomic mass is 10.1. The van der Waals surface area contributed by atoms with Crippen LogP contribution in [0.5, 0.6) is 0 Å². The fourth-order valence-electron chi connectivity index (χ4n) is 2.00. The minimum absolute atomic E-state index is 0.00877. The van der Waals surface area contributed by atoms with Crippen molar-refractivity contribution in [2.24, 2.45) is 0 Å². The molecule has 1 amide bonds. The van der Waals surface area contributed by atoms with Gasteiger partial charge in [-0.1, -0.05) is 6.08 Å². The monoisotopic (exact) mass is 241 g/mol. The van der Waals surface area contributed by atoms with E-state index in [4.69, 9.17) is 9.26 Å². The average molecular weight is 241 g/mol. The Morgan fingerprint density at radius 1 is 1.50 bits per heavy atom. The van der Waals surface area contributed by atoms with Crippen molar-refractivity contribution < 1.29 is 14.1 Å². The Labute approximate surface area is 97.3 Å². The lowest BCUT2D eigenvalue weighted by molar-refractivity contribution is -0.188. The summed E-state index contributed by atoms with van der Waals surface area (Å²) in [4.78, 5) is 17.4. The van der Waals surface area contributed by atoms with Crippen LogP contribution in [0, 0.1) is 0 Å². The molecule has 0 radical (unpaired) electrons. The van der Waals surface area contributed by atoms with Gasteiger partial charge < -0.3 is 4.43 Å². The van der Waals surface area contributed by atoms with Crippen LogP contribution in [-0.2, 0) is 14.1 Å². The second-order valence-electron chi connectivity index (χ2n) is 5.29. The Morgan fingerprint density at radius 3 is 2.94 bits per heavy atom. The van der Waals surface area contributed by atoms with Crippen LogP contribution >= 0.6 is 0 Å². The molecule has 2 aliphatic heterocycles. The van der Waals surface area contributed by atoms with E-state index in [1.165, 1.54) is 10.6 Å². The normalized spacial score (nSPS) is 26.4. The smallest absolute Gasteiger partial charge is 0.274 e. The second kappa shape index (κ2) is 4.31. The first-order valence-corrected chi connectivity index (χ1v) is 9.16. The van der Waals surface area contributed by atoms with Crippen LogP contribution in [-0.4, -0.2) is 38.5 Å². The van der Waals surface area contributed by atoms with Crippen molar-refractivity contribution in [2.75, 3.05) is 13.2 Å². The van der Waals surface area contributed by atoms with Crippen molar-refractivity contribution in [1.29, 1.82) is 0 Å². The zero-order valence-corrected chi connectivity index (χ0v) is 11.2. The maximum absolute atomic E-state index is 12.1. The van der Waals surface area contributed by atoms with Gasteiger partial charge in [0.1, 0.15) is 6.10 Å². The lowest BCUT2D eigenvalue weighted by Crippen LogP contribution is -2.44. The summed E-state index contributed by atoms with van der Waals surface area (Å²) in [6.07, 6.45) is 3.49. The summed E-state index contributed by atoms with van der Waals surface area (Å²) < 4.78 is 5.92. The van der Waals surface area contributed by atoms with Crippen LogP contribution in [0.4, 0.5) is 0 Å². The zero-order chi connectivity index (χ0) is 11.8. The van der Waals surface area contributed by atoms with Crippen molar-refractivity contribution in [3.05, 3.63) is 11.6 Å². The van der Waals surface area contributed by atoms with Crippen LogP contribution in [0.1, 0.15) is 12.8 Å². The van der Waals surface area contributed by atoms with Gasteiger partial charge in [-0.05, 0) is 38.1 Å². The molecule has 0 saturated carbocycles. The fourth-order valence-corrected chi connectivity index (χ4v) is 3.07. The number of carbonyl (C=O) groups is 1. The van der Waals surface area contributed by atoms with Crippen molar-refractivity contribution in [3.8, 4) is 0 Å². The Bertz CT molecular complexity index is 322. The quantitative estimate of drug-likeness (QED) is 0.545. The maximum atomic E-state index is 12.1. The SMILES string of the molecule is C[Si](C)(C)OC1CCC2=CCON(C2)C1=O. The number of hydroxylamine groups is 2. The molecule has 1 fully saturated rings. The Kier molecular flexibility index (Phi) is 3.19. The van der Waals surface area contributed by atoms with E-state index < -0.39 is 8.32 Å². The fraction of sp³-hybridized carbons (Fsp3) is 0.727. The van der Waals surface area contributed by atoms with E-state index in [-0.39, 0.29) is 12.0 Å². The zero-order valence-electron chi connectivity index (χ0n) is 10.2. The molecular weight excluding hydrogens is 222 g/mol. The van der Waals surface area contributed by atoms with Gasteiger partial charge in [-0.15, -0.1) is 0 Å². The average Bonchev–Trinajstić information content (AvgIpc) is 2.29. The molecule has 0 aromatic rings. The van der Waals surface area contributed by atoms with Crippen LogP contribution in [0.15, 0.2) is 11.6 Å². The summed E-state index contributed by atoms with van der Waals surface area (Å²) in [5, 5.41) is 1.47. The van der Waals surface area contributed by atoms with E-state index in [1.807, 2.05) is 0 Å². The third-order valence-electron chi connectivity index (χ3n) is 2.69. The van der Waals surface area contributed by atoms with Gasteiger partial charge in [-0.2, -0.15) is 0 Å². The minimum atomic E-state index is -1.68. The van der Waals surface area contributed by atoms with Gasteiger partial charge in [-0.25, -0.2) is 5.06 Å². The van der Waals surface area contributed by atoms with Gasteiger partial charge >= 0.3 is 0 Å². The Balaban J connectivity index is 2.10. The molecule has 1 atom stereocenters. The van der Waals surface area contributed by atoms with Gasteiger partial charge in [0, 0.05) is 0 Å². The first kappa shape index (κ1) is 11.8. The molecule has 5 heteroatoms. The third kappa shape index (κ3) is 2.72. The molecule has 1 saturated heterocycles. The number of hydrogen-bond donors (Lipinski definition) is 0. The van der Waals surface area contributed by atoms with Crippen molar-refractivity contribution in [3.63, 3.8) is 0 Å². The summed E-state index contributed by atoms with van der Waals surface area (Å²) in [7, 11) is -1.68. The molecule has 90 valence electrons. The molecule has 0 aliphatic carbocycles. The van der Waals surface area contributed by atoms with Gasteiger partial charge in [0.15, 0.2) is 8.32 Å². The Morgan fingerprint density at radius 2 is 2.25 bits per heavy atom. The minimum Gasteiger partial charge on any atom is -0.406 e. The highest BCUT2D eigenvalue weighted by molar-refractivity contribution is 6.69. The summed E-state index contributed by atoms with van der Waals surface area (Å²) >= 11 is 0. The standard InChI is InChI=1S/C11H19NO3Si/c1-16(2,3)15-10-5-4-9-6-7-14-12(8-9)11(10)13/h6,10H,4-5,7-8H2,1-3H3. The van der Waals surface area contributed by atoms with Gasteiger partial charge in [0.2, 0.25) is 0 Å². The molecule has 2 aliphatic rings. The van der Waals surface area contributed by atoms with Crippen LogP contribution in [0.25, 0.3) is 0 Å². The number of carbonyl (C=O) groups excluding carboxylic acids is 1. The van der Waals surface area contributed by atoms with Crippen molar-refractivity contribution in [1.82, 2.24) is 5.06 Å². The van der Waals surface area contributed by atoms with Crippen molar-refractivity contribution in [2.45, 2.75) is 38.6 Å². The number of rotatable bonds is 2. The molecular formula is C11H19NO3Si. The van der Waals surface area contributed by atoms with Crippen LogP contribution in [0.2, 0.25) is 19.6 Å². The second-order valence-corrected chi connectivity index (χ2v) is 9.75. The highest BCUT2D eigenvalue weighted by Gasteiger charge is 2.34. The van der Waals surface area contributed by atoms with Crippen LogP contribution in [0.3, 0.4) is 0 Å². The first-order valence-electron chi connectivity index (χ1n) is 5.76. The molecule has 2 rings (SSSR count). The Hall–Kier alpha value is -0.653. The molecule has 16 heavy (non-hydrogen) atoms. The number of fused-ring (bicyclic) bond motifs is 2. The topological polar surface area (TPSA) is 38.8 Å². The first-order chi connectivity index (χ1) is 7.46. The van der Waals surface area contributed by atoms with Gasteiger partial charge in [0.05, 0.1) is 13.2 Å². The molecule has 0 aromatic carbocycles. The van der Waals surface area contributed by atoms with Crippen molar-refractivity contribution >= 4 is 14.2 Å². The molecule has 1 unspecified atom stereocenters. The van der Waals surface area contributed by atoms with Gasteiger partial charge in [0.25, 0.3) is 5.91 Å². The predicted molar refractivity (Wildman–Crippen MR) is 63.2 cm³/mol. The van der Waals surface area contributed by atoms with Gasteiger partial charge in [-0.3, -0.25) is 9.63 Å². The molecule has 2 heterocycles. The predicted octanol–water partition coefficient (Wildman–Crippen LogP) is 1.70. The highest BCUT2D eigenvalue weighted by Crippen LogP contribution is 2.24. The number of amides is 1. The highest BCUT2D eigenvalue weighted by atomic mass is 28.4. The summed E-state index contributed by atoms with van der Waals surface area (Å²) in [5.74, 6) is -0.00877. The lowest BCUT2D eigenvalue weighted by Gasteiger charge is -2.28. The maximum Gasteiger partial charge on any atom is 0.274 e. The van der Waals surface area contributed by atoms with E-state index in [0.717, 1.165) is 12.8 Å². The molecule has 4 nitrogen and oxygen atoms in total. The van der Waals surface area contributed by atoms with E-state index in [1.54, 1.807) is 0 Å². The number of nitrogens with zero attached hydrogens (tertiary/aromatic N) is 1. The van der Waals surface area contributed by atoms with E-state index >= 15 is 0 Å². The third-order valence-corrected chi connectivity index (χ3v) is 3.69. The summed E-state index contributed by atoms with van der Waals surface area (Å²) in [5.41, 5.74) is 1.29. The molecule has 0 N–H and O–H groups in total. The van der Waals surface area contributed by atoms with E-state index in [0.29, 0.717) is 13.2 Å². The molecule has 0 aromatic heterocycles. The molecule has 0 spiro atoms.